The minimum Gasteiger partial charge on any atom is -0.462 e. The van der Waals surface area contributed by atoms with Crippen LogP contribution in [0.3, 0.4) is 0 Å². The zero-order valence-corrected chi connectivity index (χ0v) is 10.0. The van der Waals surface area contributed by atoms with Crippen LogP contribution in [-0.2, 0) is 9.53 Å². The largest absolute Gasteiger partial charge is 0.462 e. The van der Waals surface area contributed by atoms with Gasteiger partial charge in [0.15, 0.2) is 0 Å². The highest BCUT2D eigenvalue weighted by Crippen LogP contribution is 2.38. The quantitative estimate of drug-likeness (QED) is 0.561. The second kappa shape index (κ2) is 5.50. The number of carbonyl (C=O) groups is 1. The number of rotatable bonds is 1. The Morgan fingerprint density at radius 3 is 3.06 bits per heavy atom. The molecule has 2 rings (SSSR count). The highest BCUT2D eigenvalue weighted by atomic mass is 16.5. The molecule has 1 N–H and O–H groups in total. The fourth-order valence-electron chi connectivity index (χ4n) is 2.84. The molecule has 1 heterocycles. The molecule has 0 spiro atoms. The maximum absolute atomic E-state index is 11.6. The molecule has 0 saturated heterocycles. The first-order valence-electron chi connectivity index (χ1n) is 6.37. The van der Waals surface area contributed by atoms with Crippen molar-refractivity contribution in [2.45, 2.75) is 44.3 Å². The van der Waals surface area contributed by atoms with E-state index in [2.05, 4.69) is 18.7 Å². The standard InChI is InChI=1S/C14H20O3/c1-2-10-11-7-5-3-4-6-8-14(16)17-13(11)9-12(10)15/h2-3,5,10-13,15H,1,4,6-9H2. The molecule has 94 valence electrons. The summed E-state index contributed by atoms with van der Waals surface area (Å²) < 4.78 is 5.47. The van der Waals surface area contributed by atoms with Gasteiger partial charge in [-0.1, -0.05) is 18.2 Å². The molecule has 0 amide bonds. The molecule has 0 aromatic heterocycles. The molecule has 0 radical (unpaired) electrons. The lowest BCUT2D eigenvalue weighted by Crippen LogP contribution is -2.25. The van der Waals surface area contributed by atoms with E-state index in [0.29, 0.717) is 12.8 Å². The van der Waals surface area contributed by atoms with Crippen molar-refractivity contribution in [3.63, 3.8) is 0 Å². The van der Waals surface area contributed by atoms with Crippen molar-refractivity contribution < 1.29 is 14.6 Å². The average molecular weight is 236 g/mol. The third-order valence-electron chi connectivity index (χ3n) is 3.77. The topological polar surface area (TPSA) is 46.5 Å². The van der Waals surface area contributed by atoms with Crippen molar-refractivity contribution in [1.29, 1.82) is 0 Å². The van der Waals surface area contributed by atoms with Crippen molar-refractivity contribution in [2.75, 3.05) is 0 Å². The van der Waals surface area contributed by atoms with Crippen molar-refractivity contribution in [3.8, 4) is 0 Å². The van der Waals surface area contributed by atoms with Crippen LogP contribution in [0.4, 0.5) is 0 Å². The highest BCUT2D eigenvalue weighted by Gasteiger charge is 2.42. The fraction of sp³-hybridized carbons (Fsp3) is 0.643. The third-order valence-corrected chi connectivity index (χ3v) is 3.77. The molecule has 3 heteroatoms. The monoisotopic (exact) mass is 236 g/mol. The number of esters is 1. The minimum absolute atomic E-state index is 0.0388. The van der Waals surface area contributed by atoms with Gasteiger partial charge in [0.05, 0.1) is 6.10 Å². The predicted molar refractivity (Wildman–Crippen MR) is 65.3 cm³/mol. The smallest absolute Gasteiger partial charge is 0.306 e. The van der Waals surface area contributed by atoms with Gasteiger partial charge in [0.25, 0.3) is 0 Å². The van der Waals surface area contributed by atoms with Gasteiger partial charge in [0.1, 0.15) is 6.10 Å². The van der Waals surface area contributed by atoms with E-state index in [0.717, 1.165) is 19.3 Å². The number of carbonyl (C=O) groups excluding carboxylic acids is 1. The van der Waals surface area contributed by atoms with Gasteiger partial charge in [-0.25, -0.2) is 0 Å². The van der Waals surface area contributed by atoms with E-state index in [1.54, 1.807) is 6.08 Å². The van der Waals surface area contributed by atoms with Crippen LogP contribution in [0.15, 0.2) is 24.8 Å². The fourth-order valence-corrected chi connectivity index (χ4v) is 2.84. The second-order valence-corrected chi connectivity index (χ2v) is 4.91. The molecule has 0 bridgehead atoms. The van der Waals surface area contributed by atoms with Gasteiger partial charge in [0.2, 0.25) is 0 Å². The van der Waals surface area contributed by atoms with E-state index in [1.807, 2.05) is 0 Å². The number of allylic oxidation sites excluding steroid dienone is 2. The predicted octanol–water partition coefficient (Wildman–Crippen LogP) is 2.21. The number of hydrogen-bond donors (Lipinski definition) is 1. The van der Waals surface area contributed by atoms with Crippen molar-refractivity contribution in [1.82, 2.24) is 0 Å². The summed E-state index contributed by atoms with van der Waals surface area (Å²) in [6.45, 7) is 3.77. The SMILES string of the molecule is C=CC1C(O)CC2OC(=O)CCCC=CCC21. The van der Waals surface area contributed by atoms with E-state index in [1.165, 1.54) is 0 Å². The average Bonchev–Trinajstić information content (AvgIpc) is 2.59. The van der Waals surface area contributed by atoms with E-state index in [4.69, 9.17) is 4.74 Å². The zero-order valence-electron chi connectivity index (χ0n) is 10.0. The number of fused-ring (bicyclic) bond motifs is 1. The van der Waals surface area contributed by atoms with Gasteiger partial charge in [-0.05, 0) is 19.3 Å². The van der Waals surface area contributed by atoms with E-state index in [-0.39, 0.29) is 23.9 Å². The van der Waals surface area contributed by atoms with E-state index in [9.17, 15) is 9.90 Å². The van der Waals surface area contributed by atoms with Crippen LogP contribution < -0.4 is 0 Å². The Kier molecular flexibility index (Phi) is 4.00. The lowest BCUT2D eigenvalue weighted by Gasteiger charge is -2.22. The van der Waals surface area contributed by atoms with Crippen LogP contribution in [0.2, 0.25) is 0 Å². The number of ether oxygens (including phenoxy) is 1. The lowest BCUT2D eigenvalue weighted by molar-refractivity contribution is -0.151. The molecule has 1 fully saturated rings. The minimum atomic E-state index is -0.426. The Morgan fingerprint density at radius 2 is 2.29 bits per heavy atom. The van der Waals surface area contributed by atoms with Gasteiger partial charge in [-0.2, -0.15) is 0 Å². The molecule has 0 aromatic carbocycles. The molecule has 0 aromatic rings. The highest BCUT2D eigenvalue weighted by molar-refractivity contribution is 5.69. The van der Waals surface area contributed by atoms with Crippen LogP contribution in [0.1, 0.15) is 32.1 Å². The molecular formula is C14H20O3. The molecule has 1 aliphatic carbocycles. The van der Waals surface area contributed by atoms with Crippen LogP contribution in [0.5, 0.6) is 0 Å². The molecule has 4 atom stereocenters. The summed E-state index contributed by atoms with van der Waals surface area (Å²) in [5.41, 5.74) is 0. The van der Waals surface area contributed by atoms with Gasteiger partial charge < -0.3 is 9.84 Å². The normalized spacial score (nSPS) is 38.3. The van der Waals surface area contributed by atoms with E-state index < -0.39 is 6.10 Å². The maximum Gasteiger partial charge on any atom is 0.306 e. The molecular weight excluding hydrogens is 216 g/mol. The van der Waals surface area contributed by atoms with Crippen molar-refractivity contribution >= 4 is 5.97 Å². The summed E-state index contributed by atoms with van der Waals surface area (Å²) in [5, 5.41) is 9.94. The first-order chi connectivity index (χ1) is 8.22. The van der Waals surface area contributed by atoms with E-state index >= 15 is 0 Å². The van der Waals surface area contributed by atoms with Crippen molar-refractivity contribution in [3.05, 3.63) is 24.8 Å². The van der Waals surface area contributed by atoms with Crippen LogP contribution in [-0.4, -0.2) is 23.3 Å². The number of aliphatic hydroxyl groups is 1. The Bertz CT molecular complexity index is 321. The van der Waals surface area contributed by atoms with Crippen molar-refractivity contribution in [2.24, 2.45) is 11.8 Å². The third kappa shape index (κ3) is 2.78. The van der Waals surface area contributed by atoms with Gasteiger partial charge in [0, 0.05) is 24.7 Å². The van der Waals surface area contributed by atoms with Crippen LogP contribution in [0.25, 0.3) is 0 Å². The summed E-state index contributed by atoms with van der Waals surface area (Å²) in [6.07, 6.45) is 9.13. The maximum atomic E-state index is 11.6. The molecule has 3 nitrogen and oxygen atoms in total. The second-order valence-electron chi connectivity index (χ2n) is 4.91. The summed E-state index contributed by atoms with van der Waals surface area (Å²) in [5.74, 6) is 0.0879. The molecule has 1 saturated carbocycles. The molecule has 17 heavy (non-hydrogen) atoms. The summed E-state index contributed by atoms with van der Waals surface area (Å²) in [6, 6.07) is 0. The Morgan fingerprint density at radius 1 is 1.47 bits per heavy atom. The molecule has 1 aliphatic heterocycles. The summed E-state index contributed by atoms with van der Waals surface area (Å²) in [7, 11) is 0. The van der Waals surface area contributed by atoms with Gasteiger partial charge in [-0.15, -0.1) is 6.58 Å². The first kappa shape index (κ1) is 12.4. The Hall–Kier alpha value is -1.09. The number of aliphatic hydroxyl groups excluding tert-OH is 1. The molecule has 2 aliphatic rings. The van der Waals surface area contributed by atoms with Gasteiger partial charge >= 0.3 is 5.97 Å². The summed E-state index contributed by atoms with van der Waals surface area (Å²) in [4.78, 5) is 11.6. The summed E-state index contributed by atoms with van der Waals surface area (Å²) >= 11 is 0. The molecule has 4 unspecified atom stereocenters. The Labute approximate surface area is 102 Å². The lowest BCUT2D eigenvalue weighted by atomic mass is 9.90. The first-order valence-corrected chi connectivity index (χ1v) is 6.37. The van der Waals surface area contributed by atoms with Crippen LogP contribution in [0, 0.1) is 11.8 Å². The Balaban J connectivity index is 2.14. The zero-order chi connectivity index (χ0) is 12.3. The number of hydrogen-bond acceptors (Lipinski definition) is 3. The van der Waals surface area contributed by atoms with Crippen LogP contribution >= 0.6 is 0 Å². The van der Waals surface area contributed by atoms with Gasteiger partial charge in [-0.3, -0.25) is 4.79 Å².